The van der Waals surface area contributed by atoms with E-state index in [1.807, 2.05) is 29.2 Å². The predicted molar refractivity (Wildman–Crippen MR) is 158 cm³/mol. The van der Waals surface area contributed by atoms with E-state index in [4.69, 9.17) is 0 Å². The van der Waals surface area contributed by atoms with E-state index in [9.17, 15) is 23.2 Å². The van der Waals surface area contributed by atoms with E-state index >= 15 is 0 Å². The van der Waals surface area contributed by atoms with Crippen molar-refractivity contribution in [2.24, 2.45) is 5.41 Å². The van der Waals surface area contributed by atoms with E-state index in [1.54, 1.807) is 4.90 Å². The first kappa shape index (κ1) is 29.4. The van der Waals surface area contributed by atoms with Crippen LogP contribution in [0.15, 0.2) is 42.5 Å². The normalized spacial score (nSPS) is 22.0. The molecule has 2 unspecified atom stereocenters. The van der Waals surface area contributed by atoms with Crippen LogP contribution in [-0.2, 0) is 16.0 Å². The monoisotopic (exact) mass is 586 g/mol. The molecule has 2 atom stereocenters. The maximum atomic E-state index is 14.8. The van der Waals surface area contributed by atoms with Crippen LogP contribution in [0.25, 0.3) is 0 Å². The first-order valence-electron chi connectivity index (χ1n) is 14.3. The van der Waals surface area contributed by atoms with E-state index in [0.717, 1.165) is 29.4 Å². The van der Waals surface area contributed by atoms with Crippen molar-refractivity contribution in [1.29, 1.82) is 0 Å². The Balaban J connectivity index is 0.00000405. The maximum absolute atomic E-state index is 14.8. The number of piperidine rings is 1. The van der Waals surface area contributed by atoms with Gasteiger partial charge in [0.15, 0.2) is 0 Å². The number of anilines is 1. The van der Waals surface area contributed by atoms with Gasteiger partial charge in [0.25, 0.3) is 0 Å². The number of benzene rings is 2. The van der Waals surface area contributed by atoms with Crippen molar-refractivity contribution < 1.29 is 24.6 Å². The number of likely N-dealkylation sites (tertiary alicyclic amines) is 1. The first-order chi connectivity index (χ1) is 19.5. The summed E-state index contributed by atoms with van der Waals surface area (Å²) >= 11 is 1.16. The van der Waals surface area contributed by atoms with Gasteiger partial charge in [-0.05, 0) is 54.9 Å². The van der Waals surface area contributed by atoms with Crippen LogP contribution in [0.1, 0.15) is 64.4 Å². The second-order valence-corrected chi connectivity index (χ2v) is 13.6. The highest BCUT2D eigenvalue weighted by molar-refractivity contribution is 8.01. The molecule has 3 aliphatic rings. The standard InChI is InChI=1S/C31H38F2N4O3S.H2/c1-31(2,3)14-18-37-28(39)25(41-29(37)27-22(32)8-6-9-23(27)33)19-26(38)35-15-12-21(13-16-35)36-17-11-20-7-4-5-10-24(20)34-30(36)40;/h4-10,21,25,29H,11-19H2,1-3H3,(H,34,40);1H. The molecule has 1 N–H and O–H groups in total. The number of carbonyl (C=O) groups excluding carboxylic acids is 3. The minimum Gasteiger partial charge on any atom is -0.342 e. The molecule has 0 radical (unpaired) electrons. The van der Waals surface area contributed by atoms with Gasteiger partial charge in [-0.25, -0.2) is 13.6 Å². The Morgan fingerprint density at radius 2 is 1.71 bits per heavy atom. The van der Waals surface area contributed by atoms with Gasteiger partial charge < -0.3 is 20.0 Å². The molecular formula is C31H40F2N4O3S. The van der Waals surface area contributed by atoms with Gasteiger partial charge in [-0.3, -0.25) is 9.59 Å². The van der Waals surface area contributed by atoms with Gasteiger partial charge in [0.2, 0.25) is 11.8 Å². The number of rotatable bonds is 6. The van der Waals surface area contributed by atoms with Crippen molar-refractivity contribution in [1.82, 2.24) is 14.7 Å². The van der Waals surface area contributed by atoms with Gasteiger partial charge in [0.05, 0.1) is 10.8 Å². The number of amides is 4. The van der Waals surface area contributed by atoms with E-state index in [2.05, 4.69) is 26.1 Å². The van der Waals surface area contributed by atoms with Crippen LogP contribution in [0, 0.1) is 17.0 Å². The molecule has 3 aliphatic heterocycles. The Labute approximate surface area is 246 Å². The largest absolute Gasteiger partial charge is 0.342 e. The van der Waals surface area contributed by atoms with E-state index in [0.29, 0.717) is 45.4 Å². The molecule has 0 bridgehead atoms. The molecule has 0 spiro atoms. The molecule has 10 heteroatoms. The average molecular weight is 587 g/mol. The number of nitrogens with zero attached hydrogens (tertiary/aromatic N) is 3. The molecule has 41 heavy (non-hydrogen) atoms. The fourth-order valence-electron chi connectivity index (χ4n) is 5.83. The number of para-hydroxylation sites is 1. The van der Waals surface area contributed by atoms with Crippen molar-refractivity contribution >= 4 is 35.3 Å². The zero-order valence-corrected chi connectivity index (χ0v) is 24.7. The van der Waals surface area contributed by atoms with E-state index in [1.165, 1.54) is 23.1 Å². The van der Waals surface area contributed by atoms with Crippen molar-refractivity contribution in [3.8, 4) is 0 Å². The zero-order valence-electron chi connectivity index (χ0n) is 23.9. The SMILES string of the molecule is CC(C)(C)CCN1C(=O)C(CC(=O)N2CCC(N3CCc4ccccc4NC3=O)CC2)SC1c1c(F)cccc1F.[HH]. The Bertz CT molecular complexity index is 1300. The Kier molecular flexibility index (Phi) is 8.59. The molecule has 222 valence electrons. The van der Waals surface area contributed by atoms with Crippen LogP contribution in [0.2, 0.25) is 0 Å². The van der Waals surface area contributed by atoms with Crippen LogP contribution < -0.4 is 5.32 Å². The van der Waals surface area contributed by atoms with E-state index in [-0.39, 0.29) is 42.7 Å². The molecule has 3 heterocycles. The highest BCUT2D eigenvalue weighted by Gasteiger charge is 2.44. The Morgan fingerprint density at radius 3 is 2.39 bits per heavy atom. The number of hydrogen-bond acceptors (Lipinski definition) is 4. The van der Waals surface area contributed by atoms with Crippen LogP contribution in [-0.4, -0.2) is 70.0 Å². The number of hydrogen-bond donors (Lipinski definition) is 1. The molecule has 0 saturated carbocycles. The maximum Gasteiger partial charge on any atom is 0.322 e. The molecule has 2 fully saturated rings. The number of thioether (sulfide) groups is 1. The summed E-state index contributed by atoms with van der Waals surface area (Å²) < 4.78 is 29.6. The second-order valence-electron chi connectivity index (χ2n) is 12.3. The predicted octanol–water partition coefficient (Wildman–Crippen LogP) is 6.06. The van der Waals surface area contributed by atoms with Gasteiger partial charge in [-0.2, -0.15) is 0 Å². The van der Waals surface area contributed by atoms with Crippen molar-refractivity contribution in [3.63, 3.8) is 0 Å². The zero-order chi connectivity index (χ0) is 29.3. The van der Waals surface area contributed by atoms with Gasteiger partial charge in [0, 0.05) is 45.8 Å². The summed E-state index contributed by atoms with van der Waals surface area (Å²) in [5.41, 5.74) is 1.75. The number of carbonyl (C=O) groups is 3. The number of fused-ring (bicyclic) bond motifs is 1. The molecule has 0 aliphatic carbocycles. The molecular weight excluding hydrogens is 546 g/mol. The smallest absolute Gasteiger partial charge is 0.322 e. The topological polar surface area (TPSA) is 73.0 Å². The lowest BCUT2D eigenvalue weighted by Crippen LogP contribution is -2.50. The number of nitrogens with one attached hydrogen (secondary N) is 1. The molecule has 2 saturated heterocycles. The number of urea groups is 1. The minimum atomic E-state index is -0.819. The molecule has 4 amide bonds. The quantitative estimate of drug-likeness (QED) is 0.447. The third-order valence-corrected chi connectivity index (χ3v) is 9.69. The lowest BCUT2D eigenvalue weighted by molar-refractivity contribution is -0.137. The van der Waals surface area contributed by atoms with E-state index < -0.39 is 22.3 Å². The first-order valence-corrected chi connectivity index (χ1v) is 15.3. The summed E-state index contributed by atoms with van der Waals surface area (Å²) in [6.45, 7) is 8.11. The summed E-state index contributed by atoms with van der Waals surface area (Å²) in [4.78, 5) is 45.0. The molecule has 7 nitrogen and oxygen atoms in total. The molecule has 0 aromatic heterocycles. The lowest BCUT2D eigenvalue weighted by Gasteiger charge is -2.38. The van der Waals surface area contributed by atoms with Gasteiger partial charge >= 0.3 is 6.03 Å². The summed E-state index contributed by atoms with van der Waals surface area (Å²) in [6.07, 6.45) is 2.72. The van der Waals surface area contributed by atoms with Crippen molar-refractivity contribution in [2.75, 3.05) is 31.5 Å². The molecule has 5 rings (SSSR count). The highest BCUT2D eigenvalue weighted by atomic mass is 32.2. The van der Waals surface area contributed by atoms with Crippen LogP contribution in [0.4, 0.5) is 19.3 Å². The molecule has 2 aromatic rings. The fraction of sp³-hybridized carbons (Fsp3) is 0.516. The van der Waals surface area contributed by atoms with Gasteiger partial charge in [-0.15, -0.1) is 11.8 Å². The van der Waals surface area contributed by atoms with Gasteiger partial charge in [-0.1, -0.05) is 45.0 Å². The molecule has 2 aromatic carbocycles. The Morgan fingerprint density at radius 1 is 1.02 bits per heavy atom. The Hall–Kier alpha value is -3.14. The second kappa shape index (κ2) is 12.0. The fourth-order valence-corrected chi connectivity index (χ4v) is 7.35. The summed E-state index contributed by atoms with van der Waals surface area (Å²) in [6, 6.07) is 11.4. The highest BCUT2D eigenvalue weighted by Crippen LogP contribution is 2.46. The summed E-state index contributed by atoms with van der Waals surface area (Å²) in [5, 5.41) is 1.49. The third-order valence-electron chi connectivity index (χ3n) is 8.24. The van der Waals surface area contributed by atoms with Crippen molar-refractivity contribution in [3.05, 3.63) is 65.2 Å². The van der Waals surface area contributed by atoms with Crippen LogP contribution >= 0.6 is 11.8 Å². The van der Waals surface area contributed by atoms with Crippen LogP contribution in [0.3, 0.4) is 0 Å². The summed E-state index contributed by atoms with van der Waals surface area (Å²) in [7, 11) is 0. The number of halogens is 2. The lowest BCUT2D eigenvalue weighted by atomic mass is 9.92. The minimum absolute atomic E-state index is 0. The van der Waals surface area contributed by atoms with Crippen LogP contribution in [0.5, 0.6) is 0 Å². The van der Waals surface area contributed by atoms with Crippen molar-refractivity contribution in [2.45, 2.75) is 69.5 Å². The summed E-state index contributed by atoms with van der Waals surface area (Å²) in [5.74, 6) is -1.78. The van der Waals surface area contributed by atoms with Gasteiger partial charge in [0.1, 0.15) is 17.0 Å². The third kappa shape index (κ3) is 6.52. The average Bonchev–Trinajstić information content (AvgIpc) is 3.11.